The zero-order valence-corrected chi connectivity index (χ0v) is 16.6. The zero-order valence-electron chi connectivity index (χ0n) is 15.1. The fourth-order valence-electron chi connectivity index (χ4n) is 2.66. The maximum Gasteiger partial charge on any atom is 0.337 e. The van der Waals surface area contributed by atoms with Crippen molar-refractivity contribution >= 4 is 46.7 Å². The summed E-state index contributed by atoms with van der Waals surface area (Å²) in [5.74, 6) is -1.60. The quantitative estimate of drug-likeness (QED) is 0.589. The van der Waals surface area contributed by atoms with Crippen LogP contribution in [0.15, 0.2) is 53.2 Å². The molecule has 0 radical (unpaired) electrons. The van der Waals surface area contributed by atoms with E-state index in [2.05, 4.69) is 10.1 Å². The maximum atomic E-state index is 12.7. The Balaban J connectivity index is 1.76. The normalized spacial score (nSPS) is 13.9. The van der Waals surface area contributed by atoms with Gasteiger partial charge in [-0.05, 0) is 42.3 Å². The van der Waals surface area contributed by atoms with Gasteiger partial charge < -0.3 is 10.1 Å². The number of carbonyl (C=O) groups excluding carboxylic acids is 3. The Morgan fingerprint density at radius 3 is 2.36 bits per heavy atom. The van der Waals surface area contributed by atoms with Gasteiger partial charge in [0.05, 0.1) is 19.2 Å². The number of imide groups is 1. The van der Waals surface area contributed by atoms with Crippen molar-refractivity contribution in [3.63, 3.8) is 0 Å². The molecule has 2 aromatic rings. The largest absolute Gasteiger partial charge is 0.465 e. The van der Waals surface area contributed by atoms with Crippen LogP contribution >= 0.6 is 23.2 Å². The molecule has 3 rings (SSSR count). The molecule has 2 aromatic carbocycles. The van der Waals surface area contributed by atoms with Crippen LogP contribution in [0.5, 0.6) is 0 Å². The molecule has 8 heteroatoms. The molecular weight excluding hydrogens is 403 g/mol. The lowest BCUT2D eigenvalue weighted by Crippen LogP contribution is -2.31. The van der Waals surface area contributed by atoms with E-state index in [1.165, 1.54) is 7.11 Å². The van der Waals surface area contributed by atoms with E-state index in [0.717, 1.165) is 10.5 Å². The first-order valence-corrected chi connectivity index (χ1v) is 9.04. The van der Waals surface area contributed by atoms with Crippen molar-refractivity contribution in [1.29, 1.82) is 0 Å². The summed E-state index contributed by atoms with van der Waals surface area (Å²) in [6.07, 6.45) is 0. The van der Waals surface area contributed by atoms with Gasteiger partial charge in [0, 0.05) is 10.7 Å². The van der Waals surface area contributed by atoms with E-state index >= 15 is 0 Å². The van der Waals surface area contributed by atoms with Crippen LogP contribution in [0, 0.1) is 6.92 Å². The molecule has 6 nitrogen and oxygen atoms in total. The van der Waals surface area contributed by atoms with Crippen LogP contribution in [0.1, 0.15) is 21.5 Å². The number of methoxy groups -OCH3 is 1. The standard InChI is InChI=1S/C20H16Cl2N2O4/c1-11-3-8-14(9-15(11)21)23-17-16(22)18(25)24(19(17)26)10-12-4-6-13(7-5-12)20(27)28-2/h3-9,23H,10H2,1-2H3. The summed E-state index contributed by atoms with van der Waals surface area (Å²) >= 11 is 12.2. The molecule has 0 fully saturated rings. The van der Waals surface area contributed by atoms with Crippen molar-refractivity contribution in [3.8, 4) is 0 Å². The molecule has 28 heavy (non-hydrogen) atoms. The predicted molar refractivity (Wildman–Crippen MR) is 106 cm³/mol. The molecule has 2 amide bonds. The molecule has 1 heterocycles. The molecule has 0 spiro atoms. The molecule has 1 N–H and O–H groups in total. The highest BCUT2D eigenvalue weighted by molar-refractivity contribution is 6.48. The lowest BCUT2D eigenvalue weighted by molar-refractivity contribution is -0.138. The van der Waals surface area contributed by atoms with Gasteiger partial charge in [0.2, 0.25) is 0 Å². The minimum Gasteiger partial charge on any atom is -0.465 e. The molecule has 0 saturated heterocycles. The summed E-state index contributed by atoms with van der Waals surface area (Å²) in [6.45, 7) is 1.88. The number of nitrogens with zero attached hydrogens (tertiary/aromatic N) is 1. The van der Waals surface area contributed by atoms with Gasteiger partial charge in [-0.1, -0.05) is 41.4 Å². The number of halogens is 2. The Morgan fingerprint density at radius 1 is 1.07 bits per heavy atom. The highest BCUT2D eigenvalue weighted by Gasteiger charge is 2.37. The van der Waals surface area contributed by atoms with Crippen molar-refractivity contribution in [3.05, 3.63) is 74.9 Å². The monoisotopic (exact) mass is 418 g/mol. The van der Waals surface area contributed by atoms with Crippen molar-refractivity contribution < 1.29 is 19.1 Å². The number of amides is 2. The van der Waals surface area contributed by atoms with Gasteiger partial charge in [-0.3, -0.25) is 14.5 Å². The Morgan fingerprint density at radius 2 is 1.75 bits per heavy atom. The summed E-state index contributed by atoms with van der Waals surface area (Å²) in [4.78, 5) is 37.7. The summed E-state index contributed by atoms with van der Waals surface area (Å²) < 4.78 is 4.64. The number of ether oxygens (including phenoxy) is 1. The second-order valence-corrected chi connectivity index (χ2v) is 6.95. The molecule has 0 aliphatic carbocycles. The molecule has 1 aliphatic rings. The van der Waals surface area contributed by atoms with Gasteiger partial charge in [-0.2, -0.15) is 0 Å². The second kappa shape index (κ2) is 8.04. The highest BCUT2D eigenvalue weighted by Crippen LogP contribution is 2.28. The average Bonchev–Trinajstić information content (AvgIpc) is 2.89. The van der Waals surface area contributed by atoms with E-state index < -0.39 is 17.8 Å². The third kappa shape index (κ3) is 3.88. The molecule has 0 atom stereocenters. The SMILES string of the molecule is COC(=O)c1ccc(CN2C(=O)C(Cl)=C(Nc3ccc(C)c(Cl)c3)C2=O)cc1. The van der Waals surface area contributed by atoms with E-state index in [9.17, 15) is 14.4 Å². The molecule has 0 saturated carbocycles. The van der Waals surface area contributed by atoms with Gasteiger partial charge >= 0.3 is 5.97 Å². The maximum absolute atomic E-state index is 12.7. The number of carbonyl (C=O) groups is 3. The molecule has 0 unspecified atom stereocenters. The summed E-state index contributed by atoms with van der Waals surface area (Å²) in [6, 6.07) is 11.6. The summed E-state index contributed by atoms with van der Waals surface area (Å²) in [5, 5.41) is 3.22. The first-order chi connectivity index (χ1) is 13.3. The number of hydrogen-bond acceptors (Lipinski definition) is 5. The molecular formula is C20H16Cl2N2O4. The first-order valence-electron chi connectivity index (χ1n) is 8.28. The van der Waals surface area contributed by atoms with Gasteiger partial charge in [0.1, 0.15) is 10.7 Å². The Labute approximate surface area is 171 Å². The zero-order chi connectivity index (χ0) is 20.4. The molecule has 0 aromatic heterocycles. The number of nitrogens with one attached hydrogen (secondary N) is 1. The first kappa shape index (κ1) is 19.9. The van der Waals surface area contributed by atoms with Crippen LogP contribution in [0.25, 0.3) is 0 Å². The van der Waals surface area contributed by atoms with Crippen LogP contribution in [0.4, 0.5) is 5.69 Å². The van der Waals surface area contributed by atoms with Crippen LogP contribution in [-0.4, -0.2) is 29.8 Å². The number of esters is 1. The minimum atomic E-state index is -0.593. The van der Waals surface area contributed by atoms with Crippen LogP contribution in [0.2, 0.25) is 5.02 Å². The van der Waals surface area contributed by atoms with Gasteiger partial charge in [0.25, 0.3) is 11.8 Å². The summed E-state index contributed by atoms with van der Waals surface area (Å²) in [5.41, 5.74) is 2.48. The highest BCUT2D eigenvalue weighted by atomic mass is 35.5. The number of anilines is 1. The van der Waals surface area contributed by atoms with Crippen molar-refractivity contribution in [2.45, 2.75) is 13.5 Å². The van der Waals surface area contributed by atoms with Gasteiger partial charge in [-0.15, -0.1) is 0 Å². The molecule has 1 aliphatic heterocycles. The number of hydrogen-bond donors (Lipinski definition) is 1. The fourth-order valence-corrected chi connectivity index (χ4v) is 3.07. The number of benzene rings is 2. The Bertz CT molecular complexity index is 1000. The number of aryl methyl sites for hydroxylation is 1. The van der Waals surface area contributed by atoms with Crippen LogP contribution in [-0.2, 0) is 20.9 Å². The van der Waals surface area contributed by atoms with Gasteiger partial charge in [-0.25, -0.2) is 4.79 Å². The Hall–Kier alpha value is -2.83. The molecule has 0 bridgehead atoms. The minimum absolute atomic E-state index is 0.00207. The smallest absolute Gasteiger partial charge is 0.337 e. The van der Waals surface area contributed by atoms with E-state index in [1.807, 2.05) is 6.92 Å². The van der Waals surface area contributed by atoms with E-state index in [4.69, 9.17) is 23.2 Å². The van der Waals surface area contributed by atoms with Crippen molar-refractivity contribution in [1.82, 2.24) is 4.90 Å². The number of rotatable bonds is 5. The lowest BCUT2D eigenvalue weighted by Gasteiger charge is -2.15. The Kier molecular flexibility index (Phi) is 5.72. The lowest BCUT2D eigenvalue weighted by atomic mass is 10.1. The second-order valence-electron chi connectivity index (χ2n) is 6.16. The van der Waals surface area contributed by atoms with Crippen LogP contribution < -0.4 is 5.32 Å². The van der Waals surface area contributed by atoms with E-state index in [0.29, 0.717) is 21.8 Å². The van der Waals surface area contributed by atoms with Crippen LogP contribution in [0.3, 0.4) is 0 Å². The molecule has 144 valence electrons. The summed E-state index contributed by atoms with van der Waals surface area (Å²) in [7, 11) is 1.29. The fraction of sp³-hybridized carbons (Fsp3) is 0.150. The van der Waals surface area contributed by atoms with E-state index in [1.54, 1.807) is 42.5 Å². The van der Waals surface area contributed by atoms with Gasteiger partial charge in [0.15, 0.2) is 0 Å². The van der Waals surface area contributed by atoms with Crippen molar-refractivity contribution in [2.24, 2.45) is 0 Å². The third-order valence-electron chi connectivity index (χ3n) is 4.27. The average molecular weight is 419 g/mol. The topological polar surface area (TPSA) is 75.7 Å². The van der Waals surface area contributed by atoms with Crippen molar-refractivity contribution in [2.75, 3.05) is 12.4 Å². The van der Waals surface area contributed by atoms with E-state index in [-0.39, 0.29) is 17.3 Å². The third-order valence-corrected chi connectivity index (χ3v) is 5.03. The predicted octanol–water partition coefficient (Wildman–Crippen LogP) is 3.87.